The minimum atomic E-state index is -5.26. The van der Waals surface area contributed by atoms with Gasteiger partial charge in [-0.15, -0.1) is 0 Å². The van der Waals surface area contributed by atoms with Gasteiger partial charge in [0.2, 0.25) is 23.4 Å². The second kappa shape index (κ2) is 10.4. The quantitative estimate of drug-likeness (QED) is 0.166. The first-order valence-electron chi connectivity index (χ1n) is 12.1. The maximum Gasteiger partial charge on any atom is 0.584 e. The van der Waals surface area contributed by atoms with Gasteiger partial charge in [-0.3, -0.25) is 23.8 Å². The Labute approximate surface area is 256 Å². The number of nitrogens with one attached hydrogen (secondary N) is 1. The van der Waals surface area contributed by atoms with E-state index in [0.717, 1.165) is 21.8 Å². The maximum absolute atomic E-state index is 15.7. The Morgan fingerprint density at radius 2 is 1.89 bits per heavy atom. The average molecular weight is 701 g/mol. The van der Waals surface area contributed by atoms with Gasteiger partial charge in [0.05, 0.1) is 10.6 Å². The van der Waals surface area contributed by atoms with Gasteiger partial charge in [0.25, 0.3) is 5.56 Å². The van der Waals surface area contributed by atoms with E-state index in [4.69, 9.17) is 45.8 Å². The van der Waals surface area contributed by atoms with Crippen LogP contribution in [0.15, 0.2) is 51.1 Å². The number of imidazole rings is 2. The van der Waals surface area contributed by atoms with Crippen molar-refractivity contribution in [1.29, 1.82) is 0 Å². The van der Waals surface area contributed by atoms with Crippen LogP contribution in [0.1, 0.15) is 5.76 Å². The third kappa shape index (κ3) is 5.05. The lowest BCUT2D eigenvalue weighted by atomic mass is 10.3. The Hall–Kier alpha value is -4.30. The zero-order valence-electron chi connectivity index (χ0n) is 21.7. The molecule has 0 aliphatic carbocycles. The minimum Gasteiger partial charge on any atom is -0.435 e. The molecular weight excluding hydrogens is 686 g/mol. The summed E-state index contributed by atoms with van der Waals surface area (Å²) in [6.07, 6.45) is 1.84. The Morgan fingerprint density at radius 1 is 1.13 bits per heavy atom. The van der Waals surface area contributed by atoms with E-state index in [-0.39, 0.29) is 39.0 Å². The highest BCUT2D eigenvalue weighted by atomic mass is 32.5. The Bertz CT molecular complexity index is 2280. The molecule has 5 aromatic heterocycles. The number of pyridine rings is 1. The van der Waals surface area contributed by atoms with Crippen LogP contribution in [-0.4, -0.2) is 50.0 Å². The zero-order chi connectivity index (χ0) is 31.8. The minimum absolute atomic E-state index is 0.0622. The molecule has 3 atom stereocenters. The number of hydrogen-bond acceptors (Lipinski definition) is 15. The number of allylic oxidation sites excluding steroid dienone is 1. The number of phosphoric ester groups is 1. The van der Waals surface area contributed by atoms with E-state index in [2.05, 4.69) is 24.9 Å². The van der Waals surface area contributed by atoms with Crippen LogP contribution in [0.2, 0.25) is 0 Å². The largest absolute Gasteiger partial charge is 0.584 e. The van der Waals surface area contributed by atoms with E-state index < -0.39 is 66.8 Å². The van der Waals surface area contributed by atoms with Gasteiger partial charge in [0, 0.05) is 18.0 Å². The first kappa shape index (κ1) is 29.4. The number of furan rings is 1. The molecule has 0 amide bonds. The van der Waals surface area contributed by atoms with Gasteiger partial charge >= 0.3 is 14.5 Å². The standard InChI is InChI=1S/C21H15F2N9O9P2S2/c22-10-9-4-37-42(34,35)40-14-8(39-19(11(14)23)31-5-27-12-7(24)1-2-26-16(12)31)3-38-43(36,44)41-15(10)20(45-9)32-6-28-13-17(32)29-21(25)30-18(13)33/h1-2,4-6,10H,3H2,(H2,24,26)(H,34,35)(H,36,44)(H3,25,29,30,33)/b9-4+/t10-,43?/m0/s1. The van der Waals surface area contributed by atoms with E-state index in [9.17, 15) is 19.1 Å². The Balaban J connectivity index is 1.32. The maximum atomic E-state index is 15.7. The molecule has 0 saturated heterocycles. The molecule has 7 rings (SSSR count). The van der Waals surface area contributed by atoms with Gasteiger partial charge in [-0.1, -0.05) is 11.8 Å². The normalized spacial score (nSPS) is 25.0. The summed E-state index contributed by atoms with van der Waals surface area (Å²) < 4.78 is 72.8. The number of thioether (sulfide) groups is 1. The fourth-order valence-corrected chi connectivity index (χ4v) is 7.27. The summed E-state index contributed by atoms with van der Waals surface area (Å²) in [6, 6.07) is 1.47. The van der Waals surface area contributed by atoms with Gasteiger partial charge in [0.15, 0.2) is 34.5 Å². The predicted molar refractivity (Wildman–Crippen MR) is 156 cm³/mol. The third-order valence-electron chi connectivity index (χ3n) is 6.18. The first-order chi connectivity index (χ1) is 21.3. The molecule has 234 valence electrons. The van der Waals surface area contributed by atoms with Gasteiger partial charge in [0.1, 0.15) is 36.1 Å². The Kier molecular flexibility index (Phi) is 6.78. The summed E-state index contributed by atoms with van der Waals surface area (Å²) >= 11 is 5.67. The van der Waals surface area contributed by atoms with Crippen LogP contribution in [0, 0.1) is 5.82 Å². The lowest BCUT2D eigenvalue weighted by molar-refractivity contribution is 0.190. The molecule has 7 heterocycles. The number of alkyl halides is 1. The number of nitrogens with zero attached hydrogens (tertiary/aromatic N) is 6. The highest BCUT2D eigenvalue weighted by molar-refractivity contribution is 8.12. The van der Waals surface area contributed by atoms with E-state index >= 15 is 8.78 Å². The van der Waals surface area contributed by atoms with Crippen LogP contribution in [0.25, 0.3) is 33.2 Å². The van der Waals surface area contributed by atoms with E-state index in [0.29, 0.717) is 18.0 Å². The van der Waals surface area contributed by atoms with Crippen LogP contribution in [0.5, 0.6) is 5.75 Å². The molecule has 0 aromatic carbocycles. The molecule has 0 fully saturated rings. The summed E-state index contributed by atoms with van der Waals surface area (Å²) in [5, 5.41) is -0.166. The average Bonchev–Trinajstić information content (AvgIpc) is 3.72. The molecule has 2 bridgehead atoms. The summed E-state index contributed by atoms with van der Waals surface area (Å²) in [7, 11) is -5.26. The number of aromatic amines is 1. The summed E-state index contributed by atoms with van der Waals surface area (Å²) in [5.74, 6) is -4.40. The second-order valence-corrected chi connectivity index (χ2v) is 14.2. The van der Waals surface area contributed by atoms with Crippen molar-refractivity contribution in [1.82, 2.24) is 34.1 Å². The number of rotatable bonds is 2. The fourth-order valence-electron chi connectivity index (χ4n) is 4.26. The fraction of sp³-hybridized carbons (Fsp3) is 0.0952. The number of phosphoric acid groups is 1. The van der Waals surface area contributed by atoms with Crippen molar-refractivity contribution in [3.8, 4) is 11.6 Å². The molecular formula is C21H15F2N9O9P2S2. The summed E-state index contributed by atoms with van der Waals surface area (Å²) in [4.78, 5) is 51.7. The lowest BCUT2D eigenvalue weighted by Crippen LogP contribution is -2.12. The highest BCUT2D eigenvalue weighted by Crippen LogP contribution is 2.57. The number of nitrogens with two attached hydrogens (primary N) is 2. The molecule has 2 unspecified atom stereocenters. The van der Waals surface area contributed by atoms with E-state index in [1.54, 1.807) is 0 Å². The molecule has 0 radical (unpaired) electrons. The third-order valence-corrected chi connectivity index (χ3v) is 9.51. The van der Waals surface area contributed by atoms with E-state index in [1.807, 2.05) is 0 Å². The topological polar surface area (TPSA) is 254 Å². The monoisotopic (exact) mass is 701 g/mol. The van der Waals surface area contributed by atoms with Crippen molar-refractivity contribution in [2.45, 2.75) is 12.8 Å². The van der Waals surface area contributed by atoms with Crippen molar-refractivity contribution in [2.75, 3.05) is 11.5 Å². The predicted octanol–water partition coefficient (Wildman–Crippen LogP) is 2.76. The van der Waals surface area contributed by atoms with Crippen LogP contribution < -0.4 is 21.6 Å². The SMILES string of the molecule is Nc1nc2c(ncn2C2=C3OP(O)(=S)OCc4oc(-n5cnc6c(N)ccnc65)c(F)c4OP(=O)(O)O/C=C(/S2)[C@@H]3F)c(=O)[nH]1. The van der Waals surface area contributed by atoms with Gasteiger partial charge in [-0.2, -0.15) is 9.37 Å². The van der Waals surface area contributed by atoms with Crippen LogP contribution in [-0.2, 0) is 36.6 Å². The molecule has 24 heteroatoms. The first-order valence-corrected chi connectivity index (χ1v) is 17.0. The van der Waals surface area contributed by atoms with Crippen LogP contribution >= 0.6 is 26.3 Å². The summed E-state index contributed by atoms with van der Waals surface area (Å²) in [6.45, 7) is -5.37. The second-order valence-electron chi connectivity index (χ2n) is 9.05. The molecule has 7 N–H and O–H groups in total. The Morgan fingerprint density at radius 3 is 2.69 bits per heavy atom. The number of fused-ring (bicyclic) bond motifs is 5. The highest BCUT2D eigenvalue weighted by Gasteiger charge is 2.41. The zero-order valence-corrected chi connectivity index (χ0v) is 25.2. The molecule has 18 nitrogen and oxygen atoms in total. The number of halogens is 2. The number of hydrogen-bond donors (Lipinski definition) is 5. The van der Waals surface area contributed by atoms with Gasteiger partial charge in [-0.05, 0) is 6.07 Å². The lowest BCUT2D eigenvalue weighted by Gasteiger charge is -2.19. The van der Waals surface area contributed by atoms with Crippen molar-refractivity contribution in [3.05, 3.63) is 63.8 Å². The van der Waals surface area contributed by atoms with Crippen molar-refractivity contribution < 1.29 is 45.6 Å². The number of aromatic nitrogens is 7. The van der Waals surface area contributed by atoms with E-state index in [1.165, 1.54) is 12.3 Å². The molecule has 2 aliphatic heterocycles. The van der Waals surface area contributed by atoms with Gasteiger partial charge in [-0.25, -0.2) is 28.5 Å². The molecule has 0 saturated carbocycles. The van der Waals surface area contributed by atoms with Crippen LogP contribution in [0.3, 0.4) is 0 Å². The summed E-state index contributed by atoms with van der Waals surface area (Å²) in [5.41, 5.74) is 11.0. The van der Waals surface area contributed by atoms with Crippen molar-refractivity contribution in [2.24, 2.45) is 0 Å². The molecule has 5 aromatic rings. The molecule has 2 aliphatic rings. The van der Waals surface area contributed by atoms with Crippen molar-refractivity contribution >= 4 is 77.1 Å². The molecule has 0 spiro atoms. The molecule has 45 heavy (non-hydrogen) atoms. The number of anilines is 2. The number of H-pyrrole nitrogens is 1. The van der Waals surface area contributed by atoms with Crippen molar-refractivity contribution in [3.63, 3.8) is 0 Å². The van der Waals surface area contributed by atoms with Crippen LogP contribution in [0.4, 0.5) is 20.4 Å². The smallest absolute Gasteiger partial charge is 0.435 e. The van der Waals surface area contributed by atoms with Gasteiger partial charge < -0.3 is 34.3 Å². The number of nitrogen functional groups attached to an aromatic ring is 2.